The summed E-state index contributed by atoms with van der Waals surface area (Å²) >= 11 is 0. The summed E-state index contributed by atoms with van der Waals surface area (Å²) < 4.78 is 0. The maximum absolute atomic E-state index is 4.55. The zero-order valence-electron chi connectivity index (χ0n) is 14.0. The highest BCUT2D eigenvalue weighted by atomic mass is 15.2. The molecule has 2 heterocycles. The van der Waals surface area contributed by atoms with Crippen molar-refractivity contribution in [3.05, 3.63) is 77.7 Å². The summed E-state index contributed by atoms with van der Waals surface area (Å²) in [6.07, 6.45) is 3.58. The van der Waals surface area contributed by atoms with Gasteiger partial charge in [0.25, 0.3) is 0 Å². The van der Waals surface area contributed by atoms with Crippen LogP contribution in [0, 0.1) is 6.92 Å². The van der Waals surface area contributed by atoms with Crippen molar-refractivity contribution in [3.8, 4) is 0 Å². The van der Waals surface area contributed by atoms with E-state index in [1.807, 2.05) is 31.3 Å². The molecule has 0 unspecified atom stereocenters. The highest BCUT2D eigenvalue weighted by molar-refractivity contribution is 5.48. The number of aromatic nitrogens is 3. The monoisotopic (exact) mass is 319 g/mol. The van der Waals surface area contributed by atoms with Crippen LogP contribution < -0.4 is 10.2 Å². The largest absolute Gasteiger partial charge is 0.355 e. The maximum Gasteiger partial charge on any atom is 0.223 e. The summed E-state index contributed by atoms with van der Waals surface area (Å²) in [4.78, 5) is 15.3. The van der Waals surface area contributed by atoms with Crippen molar-refractivity contribution in [1.29, 1.82) is 0 Å². The number of nitrogens with one attached hydrogen (secondary N) is 1. The summed E-state index contributed by atoms with van der Waals surface area (Å²) in [7, 11) is 2.06. The quantitative estimate of drug-likeness (QED) is 0.754. The molecule has 0 atom stereocenters. The van der Waals surface area contributed by atoms with E-state index in [4.69, 9.17) is 0 Å². The molecule has 0 bridgehead atoms. The fraction of sp³-hybridized carbons (Fsp3) is 0.211. The van der Waals surface area contributed by atoms with Crippen molar-refractivity contribution in [1.82, 2.24) is 15.0 Å². The molecule has 0 aliphatic rings. The molecule has 1 N–H and O–H groups in total. The molecule has 0 saturated heterocycles. The zero-order valence-corrected chi connectivity index (χ0v) is 14.0. The minimum Gasteiger partial charge on any atom is -0.355 e. The van der Waals surface area contributed by atoms with E-state index < -0.39 is 0 Å². The Morgan fingerprint density at radius 2 is 1.79 bits per heavy atom. The summed E-state index contributed by atoms with van der Waals surface area (Å²) in [6, 6.07) is 16.3. The Labute approximate surface area is 142 Å². The lowest BCUT2D eigenvalue weighted by atomic mass is 10.2. The van der Waals surface area contributed by atoms with Crippen molar-refractivity contribution >= 4 is 11.8 Å². The number of benzene rings is 1. The summed E-state index contributed by atoms with van der Waals surface area (Å²) in [5, 5.41) is 3.27. The minimum atomic E-state index is 0.631. The van der Waals surface area contributed by atoms with E-state index in [0.29, 0.717) is 12.5 Å². The van der Waals surface area contributed by atoms with Gasteiger partial charge < -0.3 is 10.2 Å². The standard InChI is InChI=1S/C19H21N5/c1-15-10-12-21-19(23-15)22-13-17-9-6-11-20-18(17)24(2)14-16-7-4-3-5-8-16/h3-12H,13-14H2,1-2H3,(H,21,22,23). The van der Waals surface area contributed by atoms with E-state index in [2.05, 4.69) is 62.5 Å². The normalized spacial score (nSPS) is 10.4. The molecule has 0 aliphatic carbocycles. The van der Waals surface area contributed by atoms with Gasteiger partial charge in [-0.15, -0.1) is 0 Å². The maximum atomic E-state index is 4.55. The molecule has 2 aromatic heterocycles. The topological polar surface area (TPSA) is 53.9 Å². The van der Waals surface area contributed by atoms with Crippen LogP contribution in [0.2, 0.25) is 0 Å². The first-order valence-corrected chi connectivity index (χ1v) is 7.95. The van der Waals surface area contributed by atoms with Crippen LogP contribution in [-0.2, 0) is 13.1 Å². The van der Waals surface area contributed by atoms with Crippen LogP contribution in [0.3, 0.4) is 0 Å². The van der Waals surface area contributed by atoms with Gasteiger partial charge in [0.15, 0.2) is 0 Å². The van der Waals surface area contributed by atoms with Gasteiger partial charge in [-0.05, 0) is 24.6 Å². The van der Waals surface area contributed by atoms with E-state index >= 15 is 0 Å². The molecule has 5 heteroatoms. The molecule has 0 aliphatic heterocycles. The molecule has 0 radical (unpaired) electrons. The average molecular weight is 319 g/mol. The smallest absolute Gasteiger partial charge is 0.223 e. The van der Waals surface area contributed by atoms with Crippen LogP contribution in [0.15, 0.2) is 60.9 Å². The SMILES string of the molecule is Cc1ccnc(NCc2cccnc2N(C)Cc2ccccc2)n1. The highest BCUT2D eigenvalue weighted by Crippen LogP contribution is 2.19. The Morgan fingerprint density at radius 1 is 0.958 bits per heavy atom. The van der Waals surface area contributed by atoms with Crippen LogP contribution in [0.4, 0.5) is 11.8 Å². The van der Waals surface area contributed by atoms with E-state index in [9.17, 15) is 0 Å². The second-order valence-electron chi connectivity index (χ2n) is 5.70. The van der Waals surface area contributed by atoms with Gasteiger partial charge in [0, 0.05) is 43.8 Å². The average Bonchev–Trinajstić information content (AvgIpc) is 2.61. The lowest BCUT2D eigenvalue weighted by molar-refractivity contribution is 0.880. The molecule has 0 fully saturated rings. The second-order valence-corrected chi connectivity index (χ2v) is 5.70. The van der Waals surface area contributed by atoms with Crippen molar-refractivity contribution < 1.29 is 0 Å². The predicted octanol–water partition coefficient (Wildman–Crippen LogP) is 3.43. The Morgan fingerprint density at radius 3 is 2.58 bits per heavy atom. The summed E-state index contributed by atoms with van der Waals surface area (Å²) in [5.74, 6) is 1.59. The molecule has 0 spiro atoms. The third-order valence-corrected chi connectivity index (χ3v) is 3.72. The Hall–Kier alpha value is -2.95. The van der Waals surface area contributed by atoms with Crippen LogP contribution in [0.5, 0.6) is 0 Å². The number of nitrogens with zero attached hydrogens (tertiary/aromatic N) is 4. The molecule has 24 heavy (non-hydrogen) atoms. The molecule has 3 aromatic rings. The fourth-order valence-corrected chi connectivity index (χ4v) is 2.55. The van der Waals surface area contributed by atoms with Crippen molar-refractivity contribution in [2.24, 2.45) is 0 Å². The van der Waals surface area contributed by atoms with Gasteiger partial charge in [0.2, 0.25) is 5.95 Å². The van der Waals surface area contributed by atoms with Crippen LogP contribution in [-0.4, -0.2) is 22.0 Å². The third-order valence-electron chi connectivity index (χ3n) is 3.72. The van der Waals surface area contributed by atoms with Gasteiger partial charge in [-0.1, -0.05) is 36.4 Å². The minimum absolute atomic E-state index is 0.631. The highest BCUT2D eigenvalue weighted by Gasteiger charge is 2.09. The van der Waals surface area contributed by atoms with Gasteiger partial charge in [-0.25, -0.2) is 15.0 Å². The first-order valence-electron chi connectivity index (χ1n) is 7.95. The molecule has 0 amide bonds. The first kappa shape index (κ1) is 15.9. The van der Waals surface area contributed by atoms with Gasteiger partial charge in [0.1, 0.15) is 5.82 Å². The van der Waals surface area contributed by atoms with Crippen molar-refractivity contribution in [3.63, 3.8) is 0 Å². The zero-order chi connectivity index (χ0) is 16.8. The summed E-state index contributed by atoms with van der Waals surface area (Å²) in [5.41, 5.74) is 3.31. The van der Waals surface area contributed by atoms with Crippen LogP contribution in [0.1, 0.15) is 16.8 Å². The molecule has 122 valence electrons. The number of hydrogen-bond acceptors (Lipinski definition) is 5. The predicted molar refractivity (Wildman–Crippen MR) is 96.9 cm³/mol. The molecular weight excluding hydrogens is 298 g/mol. The Bertz CT molecular complexity index is 789. The molecule has 0 saturated carbocycles. The summed E-state index contributed by atoms with van der Waals surface area (Å²) in [6.45, 7) is 3.40. The Kier molecular flexibility index (Phi) is 5.01. The third kappa shape index (κ3) is 4.07. The van der Waals surface area contributed by atoms with E-state index in [-0.39, 0.29) is 0 Å². The van der Waals surface area contributed by atoms with Gasteiger partial charge in [0.05, 0.1) is 0 Å². The lowest BCUT2D eigenvalue weighted by Gasteiger charge is -2.21. The van der Waals surface area contributed by atoms with Gasteiger partial charge in [-0.2, -0.15) is 0 Å². The van der Waals surface area contributed by atoms with Crippen molar-refractivity contribution in [2.75, 3.05) is 17.3 Å². The van der Waals surface area contributed by atoms with Crippen LogP contribution >= 0.6 is 0 Å². The number of rotatable bonds is 6. The molecule has 3 rings (SSSR count). The lowest BCUT2D eigenvalue weighted by Crippen LogP contribution is -2.20. The van der Waals surface area contributed by atoms with E-state index in [1.165, 1.54) is 5.56 Å². The fourth-order valence-electron chi connectivity index (χ4n) is 2.55. The number of pyridine rings is 1. The second kappa shape index (κ2) is 7.55. The molecule has 1 aromatic carbocycles. The number of anilines is 2. The molecule has 5 nitrogen and oxygen atoms in total. The van der Waals surface area contributed by atoms with Gasteiger partial charge in [-0.3, -0.25) is 0 Å². The number of aryl methyl sites for hydroxylation is 1. The van der Waals surface area contributed by atoms with Crippen LogP contribution in [0.25, 0.3) is 0 Å². The Balaban J connectivity index is 1.72. The first-order chi connectivity index (χ1) is 11.7. The van der Waals surface area contributed by atoms with E-state index in [1.54, 1.807) is 6.20 Å². The van der Waals surface area contributed by atoms with Crippen molar-refractivity contribution in [2.45, 2.75) is 20.0 Å². The van der Waals surface area contributed by atoms with E-state index in [0.717, 1.165) is 23.6 Å². The number of hydrogen-bond donors (Lipinski definition) is 1. The van der Waals surface area contributed by atoms with Gasteiger partial charge >= 0.3 is 0 Å². The molecular formula is C19H21N5.